The first kappa shape index (κ1) is 24.3. The van der Waals surface area contributed by atoms with Crippen molar-refractivity contribution in [3.63, 3.8) is 0 Å². The number of piperidine rings is 1. The number of anilines is 1. The zero-order valence-electron chi connectivity index (χ0n) is 18.7. The van der Waals surface area contributed by atoms with Crippen LogP contribution in [0.4, 0.5) is 11.4 Å². The molecule has 0 spiro atoms. The Hall–Kier alpha value is -3.84. The maximum atomic E-state index is 13.0. The summed E-state index contributed by atoms with van der Waals surface area (Å²) in [6.07, 6.45) is 2.48. The van der Waals surface area contributed by atoms with E-state index in [1.807, 2.05) is 0 Å². The van der Waals surface area contributed by atoms with E-state index in [2.05, 4.69) is 5.32 Å². The van der Waals surface area contributed by atoms with Crippen molar-refractivity contribution in [3.8, 4) is 5.75 Å². The number of fused-ring (bicyclic) bond motifs is 1. The maximum Gasteiger partial charge on any atom is 0.282 e. The first-order valence-corrected chi connectivity index (χ1v) is 12.2. The van der Waals surface area contributed by atoms with Gasteiger partial charge in [0.1, 0.15) is 17.9 Å². The van der Waals surface area contributed by atoms with Gasteiger partial charge >= 0.3 is 0 Å². The van der Waals surface area contributed by atoms with Crippen LogP contribution in [0, 0.1) is 10.1 Å². The zero-order valence-corrected chi connectivity index (χ0v) is 19.5. The summed E-state index contributed by atoms with van der Waals surface area (Å²) in [5.74, 6) is -2.43. The molecule has 184 valence electrons. The lowest BCUT2D eigenvalue weighted by molar-refractivity contribution is -0.385. The highest BCUT2D eigenvalue weighted by Gasteiger charge is 2.41. The van der Waals surface area contributed by atoms with Gasteiger partial charge < -0.3 is 10.1 Å². The second-order valence-electron chi connectivity index (χ2n) is 8.03. The Morgan fingerprint density at radius 3 is 2.49 bits per heavy atom. The van der Waals surface area contributed by atoms with Crippen LogP contribution in [0.15, 0.2) is 41.3 Å². The number of nitro benzene ring substituents is 1. The van der Waals surface area contributed by atoms with Gasteiger partial charge in [-0.2, -0.15) is 4.31 Å². The minimum Gasteiger partial charge on any atom is -0.495 e. The summed E-state index contributed by atoms with van der Waals surface area (Å²) in [6.45, 7) is 0.0830. The van der Waals surface area contributed by atoms with Gasteiger partial charge in [-0.25, -0.2) is 8.42 Å². The normalized spacial score (nSPS) is 16.2. The molecule has 1 saturated heterocycles. The Morgan fingerprint density at radius 2 is 1.83 bits per heavy atom. The number of sulfonamides is 1. The molecule has 1 fully saturated rings. The summed E-state index contributed by atoms with van der Waals surface area (Å²) in [6, 6.07) is 7.70. The van der Waals surface area contributed by atoms with Gasteiger partial charge in [-0.1, -0.05) is 12.5 Å². The number of nitrogens with one attached hydrogen (secondary N) is 1. The van der Waals surface area contributed by atoms with Crippen LogP contribution in [-0.2, 0) is 14.8 Å². The topological polar surface area (TPSA) is 156 Å². The van der Waals surface area contributed by atoms with Crippen molar-refractivity contribution >= 4 is 39.1 Å². The third kappa shape index (κ3) is 4.47. The summed E-state index contributed by atoms with van der Waals surface area (Å²) in [7, 11) is -2.45. The molecule has 2 aliphatic heterocycles. The van der Waals surface area contributed by atoms with E-state index in [1.54, 1.807) is 0 Å². The lowest BCUT2D eigenvalue weighted by atomic mass is 10.1. The van der Waals surface area contributed by atoms with Crippen LogP contribution >= 0.6 is 0 Å². The van der Waals surface area contributed by atoms with Crippen molar-refractivity contribution in [1.82, 2.24) is 9.21 Å². The van der Waals surface area contributed by atoms with E-state index < -0.39 is 44.9 Å². The molecular formula is C22H22N4O8S. The Bertz CT molecular complexity index is 1330. The molecule has 0 aliphatic carbocycles. The van der Waals surface area contributed by atoms with Crippen LogP contribution in [0.2, 0.25) is 0 Å². The van der Waals surface area contributed by atoms with Gasteiger partial charge in [0, 0.05) is 19.2 Å². The number of amides is 3. The SMILES string of the molecule is COc1ccc(S(=O)(=O)N2CCCCC2)cc1NC(=O)CN1C(=O)c2cccc([N+](=O)[O-])c2C1=O. The standard InChI is InChI=1S/C22H22N4O8S/c1-34-18-9-8-14(35(32,33)24-10-3-2-4-11-24)12-16(18)23-19(27)13-25-21(28)15-6-5-7-17(26(30)31)20(15)22(25)29/h5-9,12H,2-4,10-11,13H2,1H3,(H,23,27). The van der Waals surface area contributed by atoms with Gasteiger partial charge in [0.15, 0.2) is 0 Å². The molecule has 2 aromatic rings. The number of hydrogen-bond acceptors (Lipinski definition) is 8. The Labute approximate surface area is 200 Å². The van der Waals surface area contributed by atoms with E-state index >= 15 is 0 Å². The molecule has 0 aromatic heterocycles. The zero-order chi connectivity index (χ0) is 25.3. The number of hydrogen-bond donors (Lipinski definition) is 1. The van der Waals surface area contributed by atoms with Crippen LogP contribution in [0.5, 0.6) is 5.75 Å². The molecule has 0 atom stereocenters. The first-order chi connectivity index (χ1) is 16.6. The molecule has 0 bridgehead atoms. The Kier molecular flexibility index (Phi) is 6.54. The number of ether oxygens (including phenoxy) is 1. The monoisotopic (exact) mass is 502 g/mol. The second-order valence-corrected chi connectivity index (χ2v) is 9.97. The van der Waals surface area contributed by atoms with Crippen LogP contribution in [0.3, 0.4) is 0 Å². The van der Waals surface area contributed by atoms with Crippen LogP contribution in [0.1, 0.15) is 40.0 Å². The number of nitrogens with zero attached hydrogens (tertiary/aromatic N) is 3. The molecule has 12 nitrogen and oxygen atoms in total. The summed E-state index contributed by atoms with van der Waals surface area (Å²) < 4.78 is 32.6. The number of carbonyl (C=O) groups excluding carboxylic acids is 3. The average Bonchev–Trinajstić information content (AvgIpc) is 3.09. The highest BCUT2D eigenvalue weighted by Crippen LogP contribution is 2.32. The van der Waals surface area contributed by atoms with Gasteiger partial charge in [-0.15, -0.1) is 0 Å². The molecule has 0 unspecified atom stereocenters. The molecule has 0 saturated carbocycles. The van der Waals surface area contributed by atoms with Crippen molar-refractivity contribution in [1.29, 1.82) is 0 Å². The van der Waals surface area contributed by atoms with E-state index in [-0.39, 0.29) is 27.5 Å². The number of benzene rings is 2. The van der Waals surface area contributed by atoms with Crippen molar-refractivity contribution in [3.05, 3.63) is 57.6 Å². The van der Waals surface area contributed by atoms with E-state index in [0.29, 0.717) is 18.0 Å². The summed E-state index contributed by atoms with van der Waals surface area (Å²) in [5, 5.41) is 13.7. The van der Waals surface area contributed by atoms with Gasteiger partial charge in [0.05, 0.1) is 28.2 Å². The molecule has 13 heteroatoms. The summed E-state index contributed by atoms with van der Waals surface area (Å²) in [4.78, 5) is 49.2. The molecule has 35 heavy (non-hydrogen) atoms. The summed E-state index contributed by atoms with van der Waals surface area (Å²) in [5.41, 5.74) is -1.02. The molecule has 3 amide bonds. The first-order valence-electron chi connectivity index (χ1n) is 10.8. The molecule has 2 aromatic carbocycles. The lowest BCUT2D eigenvalue weighted by Gasteiger charge is -2.26. The summed E-state index contributed by atoms with van der Waals surface area (Å²) >= 11 is 0. The van der Waals surface area contributed by atoms with Crippen molar-refractivity contribution < 1.29 is 32.5 Å². The fourth-order valence-corrected chi connectivity index (χ4v) is 5.69. The quantitative estimate of drug-likeness (QED) is 0.342. The van der Waals surface area contributed by atoms with Crippen molar-refractivity contribution in [2.75, 3.05) is 32.1 Å². The minimum atomic E-state index is -3.79. The van der Waals surface area contributed by atoms with E-state index in [4.69, 9.17) is 4.74 Å². The van der Waals surface area contributed by atoms with E-state index in [0.717, 1.165) is 25.3 Å². The van der Waals surface area contributed by atoms with Gasteiger partial charge in [0.2, 0.25) is 15.9 Å². The van der Waals surface area contributed by atoms with Gasteiger partial charge in [-0.05, 0) is 37.1 Å². The third-order valence-electron chi connectivity index (χ3n) is 5.87. The largest absolute Gasteiger partial charge is 0.495 e. The van der Waals surface area contributed by atoms with Crippen molar-refractivity contribution in [2.24, 2.45) is 0 Å². The van der Waals surface area contributed by atoms with Crippen LogP contribution < -0.4 is 10.1 Å². The average molecular weight is 503 g/mol. The Balaban J connectivity index is 1.56. The fourth-order valence-electron chi connectivity index (χ4n) is 4.14. The smallest absolute Gasteiger partial charge is 0.282 e. The highest BCUT2D eigenvalue weighted by atomic mass is 32.2. The van der Waals surface area contributed by atoms with E-state index in [1.165, 1.54) is 41.7 Å². The fraction of sp³-hybridized carbons (Fsp3) is 0.318. The number of carbonyl (C=O) groups is 3. The number of rotatable bonds is 7. The molecule has 2 aliphatic rings. The molecule has 4 rings (SSSR count). The van der Waals surface area contributed by atoms with Crippen molar-refractivity contribution in [2.45, 2.75) is 24.2 Å². The predicted octanol–water partition coefficient (Wildman–Crippen LogP) is 2.01. The van der Waals surface area contributed by atoms with Gasteiger partial charge in [-0.3, -0.25) is 29.4 Å². The minimum absolute atomic E-state index is 0.0353. The lowest BCUT2D eigenvalue weighted by Crippen LogP contribution is -2.37. The Morgan fingerprint density at radius 1 is 1.11 bits per heavy atom. The van der Waals surface area contributed by atoms with Crippen LogP contribution in [-0.4, -0.2) is 67.0 Å². The third-order valence-corrected chi connectivity index (χ3v) is 7.77. The highest BCUT2D eigenvalue weighted by molar-refractivity contribution is 7.89. The number of imide groups is 1. The number of nitro groups is 1. The second kappa shape index (κ2) is 9.43. The maximum absolute atomic E-state index is 13.0. The van der Waals surface area contributed by atoms with Crippen LogP contribution in [0.25, 0.3) is 0 Å². The molecule has 2 heterocycles. The number of methoxy groups -OCH3 is 1. The predicted molar refractivity (Wildman–Crippen MR) is 123 cm³/mol. The van der Waals surface area contributed by atoms with E-state index in [9.17, 15) is 32.9 Å². The van der Waals surface area contributed by atoms with Gasteiger partial charge in [0.25, 0.3) is 17.5 Å². The molecular weight excluding hydrogens is 480 g/mol. The molecule has 1 N–H and O–H groups in total. The molecule has 0 radical (unpaired) electrons.